The van der Waals surface area contributed by atoms with Crippen LogP contribution in [-0.4, -0.2) is 117 Å². The van der Waals surface area contributed by atoms with Crippen molar-refractivity contribution >= 4 is 5.97 Å². The van der Waals surface area contributed by atoms with Crippen molar-refractivity contribution in [3.63, 3.8) is 0 Å². The number of ether oxygens (including phenoxy) is 5. The maximum absolute atomic E-state index is 11.8. The Morgan fingerprint density at radius 1 is 1.19 bits per heavy atom. The molecule has 8 unspecified atom stereocenters. The molecule has 0 radical (unpaired) electrons. The van der Waals surface area contributed by atoms with Crippen LogP contribution in [0.4, 0.5) is 0 Å². The first-order valence-corrected chi connectivity index (χ1v) is 9.64. The first kappa shape index (κ1) is 24.6. The van der Waals surface area contributed by atoms with Gasteiger partial charge in [-0.15, -0.1) is 0 Å². The van der Waals surface area contributed by atoms with Crippen LogP contribution in [0.3, 0.4) is 0 Å². The molecule has 2 aliphatic rings. The van der Waals surface area contributed by atoms with Gasteiger partial charge in [0.05, 0.1) is 26.9 Å². The molecule has 3 rings (SSSR count). The largest absolute Gasteiger partial charge is 0.507 e. The minimum atomic E-state index is -2.00. The number of aromatic hydroxyl groups is 1. The van der Waals surface area contributed by atoms with Crippen LogP contribution < -0.4 is 4.74 Å². The maximum atomic E-state index is 11.8. The van der Waals surface area contributed by atoms with Gasteiger partial charge < -0.3 is 59.4 Å². The van der Waals surface area contributed by atoms with Gasteiger partial charge in [-0.05, 0) is 18.2 Å². The zero-order valence-electron chi connectivity index (χ0n) is 17.0. The third-order valence-electron chi connectivity index (χ3n) is 5.32. The molecule has 7 N–H and O–H groups in total. The van der Waals surface area contributed by atoms with E-state index in [1.165, 1.54) is 6.07 Å². The second-order valence-electron chi connectivity index (χ2n) is 7.48. The van der Waals surface area contributed by atoms with Crippen molar-refractivity contribution in [1.29, 1.82) is 0 Å². The topological polar surface area (TPSA) is 205 Å². The average molecular weight is 462 g/mol. The fourth-order valence-electron chi connectivity index (χ4n) is 3.36. The van der Waals surface area contributed by atoms with Gasteiger partial charge >= 0.3 is 5.97 Å². The number of carbonyl (C=O) groups is 1. The number of carbonyl (C=O) groups excluding carboxylic acids is 1. The lowest BCUT2D eigenvalue weighted by Gasteiger charge is -2.42. The first-order chi connectivity index (χ1) is 15.1. The highest BCUT2D eigenvalue weighted by Crippen LogP contribution is 2.33. The molecule has 2 heterocycles. The van der Waals surface area contributed by atoms with Gasteiger partial charge in [-0.2, -0.15) is 0 Å². The van der Waals surface area contributed by atoms with E-state index in [9.17, 15) is 40.5 Å². The van der Waals surface area contributed by atoms with Crippen LogP contribution in [0, 0.1) is 0 Å². The number of aliphatic hydroxyl groups excluding tert-OH is 5. The number of benzene rings is 1. The molecule has 13 nitrogen and oxygen atoms in total. The average Bonchev–Trinajstić information content (AvgIpc) is 3.08. The number of hydrogen-bond acceptors (Lipinski definition) is 13. The smallest absolute Gasteiger partial charge is 0.341 e. The van der Waals surface area contributed by atoms with Gasteiger partial charge in [-0.3, -0.25) is 0 Å². The third-order valence-corrected chi connectivity index (χ3v) is 5.32. The molecular formula is C19H26O13. The van der Waals surface area contributed by atoms with Gasteiger partial charge in [0.2, 0.25) is 6.29 Å². The minimum absolute atomic E-state index is 0.0261. The van der Waals surface area contributed by atoms with Crippen LogP contribution >= 0.6 is 0 Å². The van der Waals surface area contributed by atoms with E-state index in [0.717, 1.165) is 19.2 Å². The molecule has 2 fully saturated rings. The highest BCUT2D eigenvalue weighted by Gasteiger charge is 2.53. The van der Waals surface area contributed by atoms with Crippen molar-refractivity contribution in [2.24, 2.45) is 0 Å². The second-order valence-corrected chi connectivity index (χ2v) is 7.48. The Labute approximate surface area is 181 Å². The molecule has 1 aromatic rings. The molecule has 13 heteroatoms. The molecule has 0 saturated carbocycles. The van der Waals surface area contributed by atoms with E-state index < -0.39 is 74.5 Å². The fraction of sp³-hybridized carbons (Fsp3) is 0.632. The number of esters is 1. The molecular weight excluding hydrogens is 436 g/mol. The second kappa shape index (κ2) is 9.82. The summed E-state index contributed by atoms with van der Waals surface area (Å²) in [6, 6.07) is 3.57. The van der Waals surface area contributed by atoms with Crippen molar-refractivity contribution in [1.82, 2.24) is 0 Å². The van der Waals surface area contributed by atoms with Crippen LogP contribution in [0.5, 0.6) is 11.5 Å². The summed E-state index contributed by atoms with van der Waals surface area (Å²) in [6.07, 6.45) is -10.8. The molecule has 0 aromatic heterocycles. The maximum Gasteiger partial charge on any atom is 0.341 e. The van der Waals surface area contributed by atoms with Gasteiger partial charge in [0, 0.05) is 0 Å². The van der Waals surface area contributed by atoms with Gasteiger partial charge in [0.15, 0.2) is 12.4 Å². The molecule has 8 atom stereocenters. The molecule has 2 saturated heterocycles. The lowest BCUT2D eigenvalue weighted by atomic mass is 9.98. The van der Waals surface area contributed by atoms with Gasteiger partial charge in [-0.25, -0.2) is 4.79 Å². The van der Waals surface area contributed by atoms with E-state index >= 15 is 0 Å². The molecule has 2 aliphatic heterocycles. The van der Waals surface area contributed by atoms with E-state index in [0.29, 0.717) is 0 Å². The van der Waals surface area contributed by atoms with E-state index in [1.807, 2.05) is 0 Å². The predicted molar refractivity (Wildman–Crippen MR) is 100 cm³/mol. The molecule has 32 heavy (non-hydrogen) atoms. The number of rotatable bonds is 7. The number of phenols is 1. The molecule has 0 amide bonds. The Hall–Kier alpha value is -2.07. The highest BCUT2D eigenvalue weighted by atomic mass is 16.8. The quantitative estimate of drug-likeness (QED) is 0.200. The third kappa shape index (κ3) is 4.66. The van der Waals surface area contributed by atoms with Crippen LogP contribution in [-0.2, 0) is 18.9 Å². The molecule has 0 spiro atoms. The lowest BCUT2D eigenvalue weighted by molar-refractivity contribution is -0.318. The number of hydrogen-bond donors (Lipinski definition) is 7. The van der Waals surface area contributed by atoms with Crippen molar-refractivity contribution < 1.29 is 64.2 Å². The molecule has 1 aromatic carbocycles. The van der Waals surface area contributed by atoms with Crippen LogP contribution in [0.2, 0.25) is 0 Å². The Morgan fingerprint density at radius 3 is 2.50 bits per heavy atom. The summed E-state index contributed by atoms with van der Waals surface area (Å²) in [5, 5.41) is 69.6. The zero-order valence-corrected chi connectivity index (χ0v) is 17.0. The Balaban J connectivity index is 1.85. The van der Waals surface area contributed by atoms with Crippen molar-refractivity contribution in [3.05, 3.63) is 23.8 Å². The number of phenolic OH excluding ortho intramolecular Hbond substituents is 1. The lowest BCUT2D eigenvalue weighted by Crippen LogP contribution is -2.62. The Kier molecular flexibility index (Phi) is 7.54. The summed E-state index contributed by atoms with van der Waals surface area (Å²) in [4.78, 5) is 11.8. The van der Waals surface area contributed by atoms with E-state index in [2.05, 4.69) is 4.74 Å². The van der Waals surface area contributed by atoms with Crippen molar-refractivity contribution in [3.8, 4) is 11.5 Å². The molecule has 0 bridgehead atoms. The fourth-order valence-corrected chi connectivity index (χ4v) is 3.36. The highest BCUT2D eigenvalue weighted by molar-refractivity contribution is 5.92. The van der Waals surface area contributed by atoms with Gasteiger partial charge in [0.25, 0.3) is 0 Å². The first-order valence-electron chi connectivity index (χ1n) is 9.64. The summed E-state index contributed by atoms with van der Waals surface area (Å²) in [5.41, 5.74) is -2.22. The normalized spacial score (nSPS) is 37.3. The standard InChI is InChI=1S/C19H26O13/c1-28-16(26)9-4-8(2-3-10(9)22)30-17-14(13(24)12(23)11(5-20)31-17)32-18-15(25)19(27,6-21)7-29-18/h2-4,11-15,17-18,20-25,27H,5-7H2,1H3. The Morgan fingerprint density at radius 2 is 1.91 bits per heavy atom. The Bertz CT molecular complexity index is 803. The summed E-state index contributed by atoms with van der Waals surface area (Å²) >= 11 is 0. The van der Waals surface area contributed by atoms with Crippen LogP contribution in [0.1, 0.15) is 10.4 Å². The molecule has 0 aliphatic carbocycles. The van der Waals surface area contributed by atoms with Crippen LogP contribution in [0.25, 0.3) is 0 Å². The zero-order chi connectivity index (χ0) is 23.6. The number of methoxy groups -OCH3 is 1. The predicted octanol–water partition coefficient (Wildman–Crippen LogP) is -3.18. The van der Waals surface area contributed by atoms with E-state index in [1.54, 1.807) is 0 Å². The SMILES string of the molecule is COC(=O)c1cc(OC2OC(CO)C(O)C(O)C2OC2OCC(O)(CO)C2O)ccc1O. The summed E-state index contributed by atoms with van der Waals surface area (Å²) in [7, 11) is 1.12. The van der Waals surface area contributed by atoms with Gasteiger partial charge in [-0.1, -0.05) is 0 Å². The number of aliphatic hydroxyl groups is 6. The van der Waals surface area contributed by atoms with Gasteiger partial charge in [0.1, 0.15) is 47.1 Å². The minimum Gasteiger partial charge on any atom is -0.507 e. The molecule has 180 valence electrons. The summed E-state index contributed by atoms with van der Waals surface area (Å²) < 4.78 is 26.4. The van der Waals surface area contributed by atoms with Crippen LogP contribution in [0.15, 0.2) is 18.2 Å². The monoisotopic (exact) mass is 462 g/mol. The summed E-state index contributed by atoms with van der Waals surface area (Å²) in [5.74, 6) is -1.25. The van der Waals surface area contributed by atoms with Crippen molar-refractivity contribution in [2.75, 3.05) is 26.9 Å². The van der Waals surface area contributed by atoms with E-state index in [-0.39, 0.29) is 17.1 Å². The summed E-state index contributed by atoms with van der Waals surface area (Å²) in [6.45, 7) is -1.97. The van der Waals surface area contributed by atoms with Crippen molar-refractivity contribution in [2.45, 2.75) is 48.7 Å². The van der Waals surface area contributed by atoms with E-state index in [4.69, 9.17) is 18.9 Å².